The lowest BCUT2D eigenvalue weighted by Crippen LogP contribution is -2.44. The number of benzene rings is 1. The zero-order valence-electron chi connectivity index (χ0n) is 14.2. The number of hydrogen-bond donors (Lipinski definition) is 1. The first kappa shape index (κ1) is 17.7. The average Bonchev–Trinajstić information content (AvgIpc) is 3.01. The molecule has 26 heavy (non-hydrogen) atoms. The van der Waals surface area contributed by atoms with Crippen LogP contribution in [-0.2, 0) is 16.9 Å². The van der Waals surface area contributed by atoms with Crippen molar-refractivity contribution in [2.45, 2.75) is 31.9 Å². The van der Waals surface area contributed by atoms with E-state index in [4.69, 9.17) is 0 Å². The number of aromatic nitrogens is 1. The minimum atomic E-state index is -1.55. The van der Waals surface area contributed by atoms with E-state index in [1.807, 2.05) is 6.92 Å². The van der Waals surface area contributed by atoms with Gasteiger partial charge < -0.3 is 5.11 Å². The first-order valence-electron chi connectivity index (χ1n) is 8.19. The van der Waals surface area contributed by atoms with E-state index >= 15 is 0 Å². The number of rotatable bonds is 5. The van der Waals surface area contributed by atoms with E-state index in [0.29, 0.717) is 17.5 Å². The molecule has 2 heterocycles. The molecule has 0 bridgehead atoms. The van der Waals surface area contributed by atoms with Crippen molar-refractivity contribution >= 4 is 17.3 Å². The summed E-state index contributed by atoms with van der Waals surface area (Å²) in [6.07, 6.45) is 3.94. The second-order valence-corrected chi connectivity index (χ2v) is 6.05. The summed E-state index contributed by atoms with van der Waals surface area (Å²) in [5.74, 6) is -0.387. The van der Waals surface area contributed by atoms with Crippen LogP contribution in [0.1, 0.15) is 30.9 Å². The highest BCUT2D eigenvalue weighted by atomic mass is 16.6. The highest BCUT2D eigenvalue weighted by Gasteiger charge is 2.45. The van der Waals surface area contributed by atoms with Gasteiger partial charge in [-0.25, -0.2) is 0 Å². The SMILES string of the molecule is CCC1=NN(C(=O)Cc2ccc([N+](=O)[O-])cc2)[C@](O)(c2ccncc2)C1. The third kappa shape index (κ3) is 3.31. The molecule has 0 fully saturated rings. The Kier molecular flexibility index (Phi) is 4.77. The number of non-ortho nitro benzene ring substituents is 1. The molecule has 0 radical (unpaired) electrons. The predicted molar refractivity (Wildman–Crippen MR) is 94.1 cm³/mol. The fraction of sp³-hybridized carbons (Fsp3) is 0.278. The van der Waals surface area contributed by atoms with Crippen LogP contribution in [0.25, 0.3) is 0 Å². The second kappa shape index (κ2) is 7.01. The number of amides is 1. The fourth-order valence-electron chi connectivity index (χ4n) is 2.90. The third-order valence-corrected chi connectivity index (χ3v) is 4.33. The molecule has 134 valence electrons. The summed E-state index contributed by atoms with van der Waals surface area (Å²) in [5, 5.41) is 27.3. The molecule has 1 aliphatic heterocycles. The van der Waals surface area contributed by atoms with Gasteiger partial charge in [0.05, 0.1) is 11.3 Å². The molecule has 2 aromatic rings. The van der Waals surface area contributed by atoms with Crippen molar-refractivity contribution in [2.75, 3.05) is 0 Å². The van der Waals surface area contributed by atoms with Crippen LogP contribution in [0.2, 0.25) is 0 Å². The standard InChI is InChI=1S/C18H18N4O4/c1-2-15-12-18(24,14-7-9-19-10-8-14)21(20-15)17(23)11-13-3-5-16(6-4-13)22(25)26/h3-10,24H,2,11-12H2,1H3/t18-/m1/s1. The minimum Gasteiger partial charge on any atom is -0.365 e. The number of carbonyl (C=O) groups excluding carboxylic acids is 1. The van der Waals surface area contributed by atoms with E-state index in [-0.39, 0.29) is 24.4 Å². The smallest absolute Gasteiger partial charge is 0.269 e. The molecule has 1 N–H and O–H groups in total. The van der Waals surface area contributed by atoms with Gasteiger partial charge in [0.2, 0.25) is 5.91 Å². The lowest BCUT2D eigenvalue weighted by Gasteiger charge is -2.31. The van der Waals surface area contributed by atoms with Gasteiger partial charge in [-0.3, -0.25) is 19.9 Å². The topological polar surface area (TPSA) is 109 Å². The molecule has 1 atom stereocenters. The molecule has 1 aliphatic rings. The number of carbonyl (C=O) groups is 1. The quantitative estimate of drug-likeness (QED) is 0.655. The van der Waals surface area contributed by atoms with E-state index in [1.54, 1.807) is 24.5 Å². The normalized spacial score (nSPS) is 19.3. The summed E-state index contributed by atoms with van der Waals surface area (Å²) < 4.78 is 0. The van der Waals surface area contributed by atoms with Crippen LogP contribution in [0.15, 0.2) is 53.9 Å². The number of nitro benzene ring substituents is 1. The molecule has 8 nitrogen and oxygen atoms in total. The summed E-state index contributed by atoms with van der Waals surface area (Å²) in [6, 6.07) is 9.06. The maximum absolute atomic E-state index is 12.8. The number of pyridine rings is 1. The molecule has 3 rings (SSSR count). The van der Waals surface area contributed by atoms with Gasteiger partial charge in [0.15, 0.2) is 5.72 Å². The number of nitrogens with zero attached hydrogens (tertiary/aromatic N) is 4. The van der Waals surface area contributed by atoms with Gasteiger partial charge in [-0.2, -0.15) is 10.1 Å². The number of aliphatic hydroxyl groups is 1. The summed E-state index contributed by atoms with van der Waals surface area (Å²) in [6.45, 7) is 1.91. The van der Waals surface area contributed by atoms with Gasteiger partial charge in [-0.05, 0) is 24.1 Å². The van der Waals surface area contributed by atoms with Crippen molar-refractivity contribution in [3.63, 3.8) is 0 Å². The van der Waals surface area contributed by atoms with Gasteiger partial charge in [0.1, 0.15) is 0 Å². The molecule has 1 amide bonds. The zero-order valence-corrected chi connectivity index (χ0v) is 14.2. The average molecular weight is 354 g/mol. The van der Waals surface area contributed by atoms with Crippen LogP contribution in [0.3, 0.4) is 0 Å². The molecule has 0 spiro atoms. The Bertz CT molecular complexity index is 851. The fourth-order valence-corrected chi connectivity index (χ4v) is 2.90. The number of hydrazone groups is 1. The number of nitro groups is 1. The summed E-state index contributed by atoms with van der Waals surface area (Å²) in [7, 11) is 0. The Hall–Kier alpha value is -3.13. The Morgan fingerprint density at radius 3 is 2.50 bits per heavy atom. The molecule has 0 saturated heterocycles. The van der Waals surface area contributed by atoms with Crippen molar-refractivity contribution in [2.24, 2.45) is 5.10 Å². The Labute approximate surface area is 149 Å². The maximum Gasteiger partial charge on any atom is 0.269 e. The van der Waals surface area contributed by atoms with E-state index in [0.717, 1.165) is 10.7 Å². The monoisotopic (exact) mass is 354 g/mol. The van der Waals surface area contributed by atoms with Gasteiger partial charge in [-0.15, -0.1) is 0 Å². The molecule has 0 saturated carbocycles. The van der Waals surface area contributed by atoms with Crippen LogP contribution in [-0.4, -0.2) is 31.6 Å². The highest BCUT2D eigenvalue weighted by molar-refractivity contribution is 5.91. The van der Waals surface area contributed by atoms with Crippen LogP contribution in [0.5, 0.6) is 0 Å². The van der Waals surface area contributed by atoms with E-state index < -0.39 is 10.6 Å². The van der Waals surface area contributed by atoms with Crippen LogP contribution in [0, 0.1) is 10.1 Å². The van der Waals surface area contributed by atoms with Crippen molar-refractivity contribution < 1.29 is 14.8 Å². The Balaban J connectivity index is 1.85. The molecule has 1 aromatic heterocycles. The molecular formula is C18H18N4O4. The van der Waals surface area contributed by atoms with E-state index in [9.17, 15) is 20.0 Å². The Morgan fingerprint density at radius 1 is 1.27 bits per heavy atom. The van der Waals surface area contributed by atoms with Crippen LogP contribution < -0.4 is 0 Å². The van der Waals surface area contributed by atoms with Crippen LogP contribution >= 0.6 is 0 Å². The lowest BCUT2D eigenvalue weighted by atomic mass is 9.97. The molecule has 1 aromatic carbocycles. The molecule has 0 aliphatic carbocycles. The van der Waals surface area contributed by atoms with E-state index in [1.165, 1.54) is 24.3 Å². The van der Waals surface area contributed by atoms with Gasteiger partial charge >= 0.3 is 0 Å². The Morgan fingerprint density at radius 2 is 1.92 bits per heavy atom. The van der Waals surface area contributed by atoms with Crippen LogP contribution in [0.4, 0.5) is 5.69 Å². The summed E-state index contributed by atoms with van der Waals surface area (Å²) in [5.41, 5.74) is 0.282. The summed E-state index contributed by atoms with van der Waals surface area (Å²) >= 11 is 0. The maximum atomic E-state index is 12.8. The number of hydrogen-bond acceptors (Lipinski definition) is 6. The van der Waals surface area contributed by atoms with E-state index in [2.05, 4.69) is 10.1 Å². The van der Waals surface area contributed by atoms with Gasteiger partial charge in [0.25, 0.3) is 5.69 Å². The van der Waals surface area contributed by atoms with Crippen molar-refractivity contribution in [1.82, 2.24) is 9.99 Å². The summed E-state index contributed by atoms with van der Waals surface area (Å²) in [4.78, 5) is 27.0. The molecular weight excluding hydrogens is 336 g/mol. The molecule has 8 heteroatoms. The third-order valence-electron chi connectivity index (χ3n) is 4.33. The first-order chi connectivity index (χ1) is 12.4. The highest BCUT2D eigenvalue weighted by Crippen LogP contribution is 2.36. The zero-order chi connectivity index (χ0) is 18.7. The predicted octanol–water partition coefficient (Wildman–Crippen LogP) is 2.38. The second-order valence-electron chi connectivity index (χ2n) is 6.05. The van der Waals surface area contributed by atoms with Gasteiger partial charge in [0, 0.05) is 42.2 Å². The van der Waals surface area contributed by atoms with Crippen molar-refractivity contribution in [3.8, 4) is 0 Å². The largest absolute Gasteiger partial charge is 0.365 e. The lowest BCUT2D eigenvalue weighted by molar-refractivity contribution is -0.384. The minimum absolute atomic E-state index is 0.0219. The van der Waals surface area contributed by atoms with Crippen molar-refractivity contribution in [3.05, 3.63) is 70.0 Å². The molecule has 0 unspecified atom stereocenters. The van der Waals surface area contributed by atoms with Gasteiger partial charge in [-0.1, -0.05) is 19.1 Å². The first-order valence-corrected chi connectivity index (χ1v) is 8.19. The van der Waals surface area contributed by atoms with Crippen molar-refractivity contribution in [1.29, 1.82) is 0 Å².